The van der Waals surface area contributed by atoms with Gasteiger partial charge in [-0.2, -0.15) is 0 Å². The summed E-state index contributed by atoms with van der Waals surface area (Å²) in [5.74, 6) is 0.0943. The molecule has 7 heavy (non-hydrogen) atoms. The van der Waals surface area contributed by atoms with E-state index in [1.807, 2.05) is 0 Å². The first kappa shape index (κ1) is 6.89. The molecule has 0 bridgehead atoms. The van der Waals surface area contributed by atoms with E-state index in [1.54, 1.807) is 0 Å². The third-order valence-electron chi connectivity index (χ3n) is 0.569. The molecular weight excluding hydrogens is 156 g/mol. The zero-order valence-electron chi connectivity index (χ0n) is 3.98. The molecule has 0 rings (SSSR count). The molecule has 0 amide bonds. The molecule has 0 spiro atoms. The van der Waals surface area contributed by atoms with Crippen LogP contribution in [0.2, 0.25) is 0 Å². The highest BCUT2D eigenvalue weighted by Gasteiger charge is 1.88. The predicted octanol–water partition coefficient (Wildman–Crippen LogP) is 1.53. The molecule has 0 aromatic carbocycles. The van der Waals surface area contributed by atoms with Gasteiger partial charge in [0.05, 0.1) is 0 Å². The van der Waals surface area contributed by atoms with Crippen molar-refractivity contribution in [3.05, 3.63) is 12.7 Å². The molecule has 0 radical (unpaired) electrons. The lowest BCUT2D eigenvalue weighted by molar-refractivity contribution is -0.114. The van der Waals surface area contributed by atoms with Crippen molar-refractivity contribution in [3.8, 4) is 0 Å². The summed E-state index contributed by atoms with van der Waals surface area (Å²) in [5, 5.41) is 0.734. The van der Waals surface area contributed by atoms with Crippen molar-refractivity contribution in [1.29, 1.82) is 0 Å². The quantitative estimate of drug-likeness (QED) is 0.455. The van der Waals surface area contributed by atoms with Crippen molar-refractivity contribution in [2.75, 3.05) is 5.33 Å². The van der Waals surface area contributed by atoms with Crippen molar-refractivity contribution < 1.29 is 4.79 Å². The van der Waals surface area contributed by atoms with Gasteiger partial charge in [0.25, 0.3) is 0 Å². The minimum Gasteiger partial charge on any atom is -0.295 e. The summed E-state index contributed by atoms with van der Waals surface area (Å²) < 4.78 is 0. The van der Waals surface area contributed by atoms with Crippen molar-refractivity contribution in [1.82, 2.24) is 0 Å². The lowest BCUT2D eigenvalue weighted by atomic mass is 10.3. The van der Waals surface area contributed by atoms with E-state index in [0.29, 0.717) is 6.42 Å². The summed E-state index contributed by atoms with van der Waals surface area (Å²) in [7, 11) is 0. The monoisotopic (exact) mass is 162 g/mol. The molecule has 0 saturated heterocycles. The molecule has 0 aliphatic rings. The number of ketones is 1. The first-order chi connectivity index (χ1) is 3.31. The van der Waals surface area contributed by atoms with Gasteiger partial charge in [-0.3, -0.25) is 4.79 Å². The standard InChI is InChI=1S/C5H7BrO/c1-2-5(7)3-4-6/h2H,1,3-4H2. The molecule has 0 unspecified atom stereocenters. The Morgan fingerprint density at radius 1 is 1.86 bits per heavy atom. The molecule has 2 heteroatoms. The van der Waals surface area contributed by atoms with E-state index in [9.17, 15) is 4.79 Å². The summed E-state index contributed by atoms with van der Waals surface area (Å²) in [6.45, 7) is 3.31. The molecule has 0 N–H and O–H groups in total. The molecule has 0 aliphatic heterocycles. The largest absolute Gasteiger partial charge is 0.295 e. The van der Waals surface area contributed by atoms with Gasteiger partial charge in [-0.15, -0.1) is 0 Å². The summed E-state index contributed by atoms with van der Waals surface area (Å²) in [5.41, 5.74) is 0. The summed E-state index contributed by atoms with van der Waals surface area (Å²) in [4.78, 5) is 10.3. The Balaban J connectivity index is 3.17. The number of halogens is 1. The van der Waals surface area contributed by atoms with Crippen LogP contribution in [0.15, 0.2) is 12.7 Å². The number of hydrogen-bond donors (Lipinski definition) is 0. The van der Waals surface area contributed by atoms with Crippen LogP contribution in [0.4, 0.5) is 0 Å². The van der Waals surface area contributed by atoms with Crippen LogP contribution >= 0.6 is 15.9 Å². The van der Waals surface area contributed by atoms with E-state index in [2.05, 4.69) is 22.5 Å². The zero-order valence-corrected chi connectivity index (χ0v) is 5.57. The lowest BCUT2D eigenvalue weighted by Gasteiger charge is -1.81. The fraction of sp³-hybridized carbons (Fsp3) is 0.400. The van der Waals surface area contributed by atoms with E-state index < -0.39 is 0 Å². The second kappa shape index (κ2) is 4.06. The van der Waals surface area contributed by atoms with Gasteiger partial charge < -0.3 is 0 Å². The van der Waals surface area contributed by atoms with Crippen molar-refractivity contribution in [3.63, 3.8) is 0 Å². The molecule has 0 aromatic rings. The van der Waals surface area contributed by atoms with Crippen LogP contribution in [0.5, 0.6) is 0 Å². The van der Waals surface area contributed by atoms with Gasteiger partial charge in [0.1, 0.15) is 0 Å². The molecule has 0 atom stereocenters. The number of hydrogen-bond acceptors (Lipinski definition) is 1. The Bertz CT molecular complexity index is 78.1. The van der Waals surface area contributed by atoms with Crippen molar-refractivity contribution >= 4 is 21.7 Å². The third kappa shape index (κ3) is 3.73. The van der Waals surface area contributed by atoms with Crippen LogP contribution in [-0.4, -0.2) is 11.1 Å². The number of rotatable bonds is 3. The summed E-state index contributed by atoms with van der Waals surface area (Å²) in [6.07, 6.45) is 1.89. The van der Waals surface area contributed by atoms with Crippen LogP contribution in [-0.2, 0) is 4.79 Å². The van der Waals surface area contributed by atoms with Gasteiger partial charge in [-0.25, -0.2) is 0 Å². The predicted molar refractivity (Wildman–Crippen MR) is 33.6 cm³/mol. The van der Waals surface area contributed by atoms with Crippen LogP contribution in [0.25, 0.3) is 0 Å². The number of alkyl halides is 1. The highest BCUT2D eigenvalue weighted by Crippen LogP contribution is 1.88. The van der Waals surface area contributed by atoms with Crippen molar-refractivity contribution in [2.24, 2.45) is 0 Å². The van der Waals surface area contributed by atoms with E-state index in [4.69, 9.17) is 0 Å². The normalized spacial score (nSPS) is 8.14. The fourth-order valence-electron chi connectivity index (χ4n) is 0.195. The Morgan fingerprint density at radius 2 is 2.43 bits per heavy atom. The molecule has 1 nitrogen and oxygen atoms in total. The maximum absolute atomic E-state index is 10.3. The molecule has 0 fully saturated rings. The first-order valence-electron chi connectivity index (χ1n) is 2.02. The third-order valence-corrected chi connectivity index (χ3v) is 0.965. The van der Waals surface area contributed by atoms with E-state index in [1.165, 1.54) is 6.08 Å². The van der Waals surface area contributed by atoms with Crippen LogP contribution in [0.3, 0.4) is 0 Å². The second-order valence-electron chi connectivity index (χ2n) is 1.11. The average Bonchev–Trinajstić information content (AvgIpc) is 1.68. The van der Waals surface area contributed by atoms with Crippen LogP contribution in [0.1, 0.15) is 6.42 Å². The van der Waals surface area contributed by atoms with Crippen molar-refractivity contribution in [2.45, 2.75) is 6.42 Å². The van der Waals surface area contributed by atoms with Crippen LogP contribution < -0.4 is 0 Å². The Morgan fingerprint density at radius 3 is 2.57 bits per heavy atom. The highest BCUT2D eigenvalue weighted by atomic mass is 79.9. The molecule has 0 saturated carbocycles. The SMILES string of the molecule is C=CC(=O)CCBr. The maximum atomic E-state index is 10.3. The lowest BCUT2D eigenvalue weighted by Crippen LogP contribution is -1.89. The number of carbonyl (C=O) groups excluding carboxylic acids is 1. The topological polar surface area (TPSA) is 17.1 Å². The Kier molecular flexibility index (Phi) is 4.00. The molecule has 0 heterocycles. The Labute approximate surface area is 51.5 Å². The van der Waals surface area contributed by atoms with Gasteiger partial charge in [0.2, 0.25) is 0 Å². The molecule has 0 aliphatic carbocycles. The van der Waals surface area contributed by atoms with Gasteiger partial charge in [0.15, 0.2) is 5.78 Å². The zero-order chi connectivity index (χ0) is 5.70. The molecule has 0 aromatic heterocycles. The highest BCUT2D eigenvalue weighted by molar-refractivity contribution is 9.09. The fourth-order valence-corrected chi connectivity index (χ4v) is 0.586. The molecule has 40 valence electrons. The van der Waals surface area contributed by atoms with Crippen LogP contribution in [0, 0.1) is 0 Å². The number of carbonyl (C=O) groups is 1. The second-order valence-corrected chi connectivity index (χ2v) is 1.90. The molecular formula is C5H7BrO. The minimum atomic E-state index is 0.0943. The number of allylic oxidation sites excluding steroid dienone is 1. The van der Waals surface area contributed by atoms with Gasteiger partial charge in [0, 0.05) is 11.8 Å². The summed E-state index contributed by atoms with van der Waals surface area (Å²) >= 11 is 3.12. The van der Waals surface area contributed by atoms with E-state index in [-0.39, 0.29) is 5.78 Å². The maximum Gasteiger partial charge on any atom is 0.155 e. The van der Waals surface area contributed by atoms with Gasteiger partial charge >= 0.3 is 0 Å². The minimum absolute atomic E-state index is 0.0943. The Hall–Kier alpha value is -0.110. The van der Waals surface area contributed by atoms with Gasteiger partial charge in [-0.05, 0) is 6.08 Å². The first-order valence-corrected chi connectivity index (χ1v) is 3.14. The average molecular weight is 163 g/mol. The summed E-state index contributed by atoms with van der Waals surface area (Å²) in [6, 6.07) is 0. The van der Waals surface area contributed by atoms with E-state index in [0.717, 1.165) is 5.33 Å². The van der Waals surface area contributed by atoms with Gasteiger partial charge in [-0.1, -0.05) is 22.5 Å². The smallest absolute Gasteiger partial charge is 0.155 e. The van der Waals surface area contributed by atoms with E-state index >= 15 is 0 Å².